The smallest absolute Gasteiger partial charge is 0.336 e. The second-order valence-corrected chi connectivity index (χ2v) is 1.90. The molecular weight excluding hydrogens is 146 g/mol. The average Bonchev–Trinajstić information content (AvgIpc) is 2.35. The van der Waals surface area contributed by atoms with Gasteiger partial charge in [0.25, 0.3) is 5.88 Å². The van der Waals surface area contributed by atoms with Crippen LogP contribution in [0.1, 0.15) is 5.76 Å². The van der Waals surface area contributed by atoms with Crippen LogP contribution in [0.25, 0.3) is 0 Å². The first-order valence-corrected chi connectivity index (χ1v) is 3.00. The number of rotatable bonds is 2. The molecular formula is C7H7NO3. The monoisotopic (exact) mass is 153 g/mol. The van der Waals surface area contributed by atoms with Gasteiger partial charge in [0.15, 0.2) is 0 Å². The van der Waals surface area contributed by atoms with Crippen LogP contribution in [0.4, 0.5) is 0 Å². The molecule has 0 spiro atoms. The summed E-state index contributed by atoms with van der Waals surface area (Å²) in [6.45, 7) is 4.94. The molecule has 0 saturated heterocycles. The summed E-state index contributed by atoms with van der Waals surface area (Å²) in [6.07, 6.45) is 1.06. The van der Waals surface area contributed by atoms with E-state index in [1.54, 1.807) is 6.92 Å². The minimum absolute atomic E-state index is 0.160. The van der Waals surface area contributed by atoms with Crippen molar-refractivity contribution in [2.24, 2.45) is 0 Å². The number of hydrogen-bond donors (Lipinski definition) is 0. The predicted octanol–water partition coefficient (Wildman–Crippen LogP) is 1.07. The molecule has 0 atom stereocenters. The topological polar surface area (TPSA) is 52.3 Å². The van der Waals surface area contributed by atoms with Crippen LogP contribution >= 0.6 is 0 Å². The van der Waals surface area contributed by atoms with Crippen molar-refractivity contribution in [1.82, 2.24) is 5.16 Å². The number of carbonyl (C=O) groups excluding carboxylic acids is 1. The van der Waals surface area contributed by atoms with Crippen LogP contribution in [0.5, 0.6) is 5.88 Å². The molecule has 0 N–H and O–H groups in total. The molecule has 0 unspecified atom stereocenters. The lowest BCUT2D eigenvalue weighted by Crippen LogP contribution is -2.02. The van der Waals surface area contributed by atoms with Gasteiger partial charge in [-0.05, 0) is 12.1 Å². The number of aromatic nitrogens is 1. The van der Waals surface area contributed by atoms with E-state index in [2.05, 4.69) is 21.0 Å². The number of esters is 1. The van der Waals surface area contributed by atoms with Gasteiger partial charge in [-0.25, -0.2) is 4.79 Å². The first-order valence-electron chi connectivity index (χ1n) is 3.00. The van der Waals surface area contributed by atoms with Crippen LogP contribution in [0.15, 0.2) is 23.2 Å². The van der Waals surface area contributed by atoms with Crippen LogP contribution in [0.2, 0.25) is 0 Å². The summed E-state index contributed by atoms with van der Waals surface area (Å²) in [5, 5.41) is 3.44. The molecule has 58 valence electrons. The van der Waals surface area contributed by atoms with Crippen LogP contribution in [-0.4, -0.2) is 11.1 Å². The molecule has 1 heterocycles. The van der Waals surface area contributed by atoms with Crippen LogP contribution < -0.4 is 4.74 Å². The first-order chi connectivity index (χ1) is 5.22. The molecule has 0 saturated carbocycles. The molecule has 1 rings (SSSR count). The van der Waals surface area contributed by atoms with E-state index >= 15 is 0 Å². The van der Waals surface area contributed by atoms with Gasteiger partial charge in [0.1, 0.15) is 5.76 Å². The molecule has 0 fully saturated rings. The van der Waals surface area contributed by atoms with Gasteiger partial charge in [-0.2, -0.15) is 0 Å². The Kier molecular flexibility index (Phi) is 2.06. The molecule has 1 aromatic heterocycles. The SMILES string of the molecule is C=CC(=O)Oc1cc(C)on1. The quantitative estimate of drug-likeness (QED) is 0.471. The summed E-state index contributed by atoms with van der Waals surface area (Å²) < 4.78 is 9.27. The largest absolute Gasteiger partial charge is 0.401 e. The Morgan fingerprint density at radius 3 is 3.09 bits per heavy atom. The summed E-state index contributed by atoms with van der Waals surface area (Å²) in [5.41, 5.74) is 0. The van der Waals surface area contributed by atoms with E-state index in [1.807, 2.05) is 0 Å². The Hall–Kier alpha value is -1.58. The first kappa shape index (κ1) is 7.53. The van der Waals surface area contributed by atoms with Crippen molar-refractivity contribution in [2.45, 2.75) is 6.92 Å². The maximum Gasteiger partial charge on any atom is 0.336 e. The van der Waals surface area contributed by atoms with E-state index in [0.29, 0.717) is 5.76 Å². The lowest BCUT2D eigenvalue weighted by Gasteiger charge is -1.90. The van der Waals surface area contributed by atoms with Crippen molar-refractivity contribution < 1.29 is 14.1 Å². The Bertz CT molecular complexity index is 277. The zero-order valence-electron chi connectivity index (χ0n) is 6.03. The Balaban J connectivity index is 2.64. The highest BCUT2D eigenvalue weighted by molar-refractivity contribution is 5.82. The van der Waals surface area contributed by atoms with Gasteiger partial charge in [-0.1, -0.05) is 6.58 Å². The molecule has 1 aromatic rings. The van der Waals surface area contributed by atoms with E-state index in [0.717, 1.165) is 6.08 Å². The third kappa shape index (κ3) is 1.93. The molecule has 11 heavy (non-hydrogen) atoms. The van der Waals surface area contributed by atoms with Gasteiger partial charge in [0, 0.05) is 12.1 Å². The van der Waals surface area contributed by atoms with E-state index in [-0.39, 0.29) is 5.88 Å². The molecule has 0 aliphatic rings. The summed E-state index contributed by atoms with van der Waals surface area (Å²) in [6, 6.07) is 1.52. The lowest BCUT2D eigenvalue weighted by atomic mass is 10.5. The molecule has 4 nitrogen and oxygen atoms in total. The van der Waals surface area contributed by atoms with Gasteiger partial charge in [-0.3, -0.25) is 0 Å². The van der Waals surface area contributed by atoms with Crippen molar-refractivity contribution in [3.8, 4) is 5.88 Å². The van der Waals surface area contributed by atoms with Gasteiger partial charge in [0.2, 0.25) is 0 Å². The Morgan fingerprint density at radius 2 is 2.64 bits per heavy atom. The summed E-state index contributed by atoms with van der Waals surface area (Å²) in [7, 11) is 0. The maximum atomic E-state index is 10.6. The molecule has 4 heteroatoms. The van der Waals surface area contributed by atoms with Gasteiger partial charge < -0.3 is 9.26 Å². The molecule has 0 aliphatic carbocycles. The Labute approximate surface area is 63.4 Å². The molecule has 0 amide bonds. The standard InChI is InChI=1S/C7H7NO3/c1-3-7(9)10-6-4-5(2)11-8-6/h3-4H,1H2,2H3. The highest BCUT2D eigenvalue weighted by atomic mass is 16.6. The highest BCUT2D eigenvalue weighted by Crippen LogP contribution is 2.09. The van der Waals surface area contributed by atoms with E-state index < -0.39 is 5.97 Å². The second-order valence-electron chi connectivity index (χ2n) is 1.90. The van der Waals surface area contributed by atoms with Crippen molar-refractivity contribution in [3.05, 3.63) is 24.5 Å². The van der Waals surface area contributed by atoms with E-state index in [4.69, 9.17) is 0 Å². The van der Waals surface area contributed by atoms with Crippen molar-refractivity contribution in [1.29, 1.82) is 0 Å². The predicted molar refractivity (Wildman–Crippen MR) is 37.1 cm³/mol. The number of nitrogens with zero attached hydrogens (tertiary/aromatic N) is 1. The molecule has 0 bridgehead atoms. The van der Waals surface area contributed by atoms with Gasteiger partial charge in [-0.15, -0.1) is 0 Å². The van der Waals surface area contributed by atoms with Crippen LogP contribution in [0.3, 0.4) is 0 Å². The van der Waals surface area contributed by atoms with Crippen molar-refractivity contribution in [3.63, 3.8) is 0 Å². The number of carbonyl (C=O) groups is 1. The van der Waals surface area contributed by atoms with E-state index in [1.165, 1.54) is 6.07 Å². The second kappa shape index (κ2) is 3.01. The fourth-order valence-corrected chi connectivity index (χ4v) is 0.536. The summed E-state index contributed by atoms with van der Waals surface area (Å²) >= 11 is 0. The third-order valence-electron chi connectivity index (χ3n) is 0.978. The minimum atomic E-state index is -0.543. The summed E-state index contributed by atoms with van der Waals surface area (Å²) in [4.78, 5) is 10.6. The molecule has 0 aromatic carbocycles. The van der Waals surface area contributed by atoms with E-state index in [9.17, 15) is 4.79 Å². The minimum Gasteiger partial charge on any atom is -0.401 e. The fraction of sp³-hybridized carbons (Fsp3) is 0.143. The lowest BCUT2D eigenvalue weighted by molar-refractivity contribution is -0.129. The number of ether oxygens (including phenoxy) is 1. The highest BCUT2D eigenvalue weighted by Gasteiger charge is 2.03. The average molecular weight is 153 g/mol. The zero-order valence-corrected chi connectivity index (χ0v) is 6.03. The van der Waals surface area contributed by atoms with Crippen LogP contribution in [0, 0.1) is 6.92 Å². The molecule has 0 aliphatic heterocycles. The summed E-state index contributed by atoms with van der Waals surface area (Å²) in [5.74, 6) is 0.211. The fourth-order valence-electron chi connectivity index (χ4n) is 0.536. The Morgan fingerprint density at radius 1 is 1.91 bits per heavy atom. The van der Waals surface area contributed by atoms with Gasteiger partial charge in [0.05, 0.1) is 0 Å². The zero-order chi connectivity index (χ0) is 8.27. The van der Waals surface area contributed by atoms with Gasteiger partial charge >= 0.3 is 5.97 Å². The van der Waals surface area contributed by atoms with Crippen molar-refractivity contribution in [2.75, 3.05) is 0 Å². The molecule has 0 radical (unpaired) electrons. The maximum absolute atomic E-state index is 10.6. The van der Waals surface area contributed by atoms with Crippen molar-refractivity contribution >= 4 is 5.97 Å². The van der Waals surface area contributed by atoms with Crippen LogP contribution in [-0.2, 0) is 4.79 Å². The number of aryl methyl sites for hydroxylation is 1. The number of hydrogen-bond acceptors (Lipinski definition) is 4. The normalized spacial score (nSPS) is 9.18. The third-order valence-corrected chi connectivity index (χ3v) is 0.978.